The van der Waals surface area contributed by atoms with E-state index in [4.69, 9.17) is 5.73 Å². The Balaban J connectivity index is 2.35. The highest BCUT2D eigenvalue weighted by atomic mass is 16.2. The van der Waals surface area contributed by atoms with Crippen LogP contribution in [0.4, 0.5) is 0 Å². The van der Waals surface area contributed by atoms with Crippen LogP contribution >= 0.6 is 0 Å². The molecular weight excluding hydrogens is 264 g/mol. The summed E-state index contributed by atoms with van der Waals surface area (Å²) in [6.45, 7) is 11.9. The molecule has 2 atom stereocenters. The zero-order chi connectivity index (χ0) is 15.7. The van der Waals surface area contributed by atoms with Crippen LogP contribution in [0, 0.1) is 0 Å². The van der Waals surface area contributed by atoms with Gasteiger partial charge in [0.05, 0.1) is 6.04 Å². The normalized spacial score (nSPS) is 20.2. The number of carbonyl (C=O) groups excluding carboxylic acids is 1. The average Bonchev–Trinajstić information content (AvgIpc) is 2.52. The van der Waals surface area contributed by atoms with Gasteiger partial charge in [0.1, 0.15) is 0 Å². The van der Waals surface area contributed by atoms with E-state index in [9.17, 15) is 4.79 Å². The average molecular weight is 298 g/mol. The Morgan fingerprint density at radius 3 is 2.29 bits per heavy atom. The zero-order valence-electron chi connectivity index (χ0n) is 14.1. The summed E-state index contributed by atoms with van der Waals surface area (Å²) >= 11 is 0. The van der Waals surface area contributed by atoms with Gasteiger partial charge in [0.2, 0.25) is 5.91 Å². The first-order chi connectivity index (χ1) is 10.1. The van der Waals surface area contributed by atoms with Gasteiger partial charge in [-0.05, 0) is 19.8 Å². The number of nitrogens with two attached hydrogens (primary N) is 1. The van der Waals surface area contributed by atoms with Crippen LogP contribution < -0.4 is 11.1 Å². The second-order valence-electron chi connectivity index (χ2n) is 6.07. The summed E-state index contributed by atoms with van der Waals surface area (Å²) in [6, 6.07) is 0.484. The van der Waals surface area contributed by atoms with Crippen LogP contribution in [0.25, 0.3) is 0 Å². The predicted molar refractivity (Wildman–Crippen MR) is 88.3 cm³/mol. The van der Waals surface area contributed by atoms with Gasteiger partial charge in [-0.3, -0.25) is 14.6 Å². The topological polar surface area (TPSA) is 61.6 Å². The number of hydrogen-bond donors (Lipinski definition) is 2. The minimum Gasteiger partial charge on any atom is -0.355 e. The highest BCUT2D eigenvalue weighted by molar-refractivity contribution is 5.81. The monoisotopic (exact) mass is 298 g/mol. The molecule has 1 amide bonds. The lowest BCUT2D eigenvalue weighted by Crippen LogP contribution is -2.56. The van der Waals surface area contributed by atoms with E-state index in [2.05, 4.69) is 29.0 Å². The first kappa shape index (κ1) is 18.4. The molecule has 1 heterocycles. The van der Waals surface area contributed by atoms with Crippen molar-refractivity contribution in [3.63, 3.8) is 0 Å². The van der Waals surface area contributed by atoms with Gasteiger partial charge in [-0.2, -0.15) is 0 Å². The minimum absolute atomic E-state index is 0.0218. The van der Waals surface area contributed by atoms with Gasteiger partial charge in [0.15, 0.2) is 0 Å². The molecular formula is C16H34N4O. The van der Waals surface area contributed by atoms with Gasteiger partial charge < -0.3 is 11.1 Å². The van der Waals surface area contributed by atoms with Gasteiger partial charge >= 0.3 is 0 Å². The number of amides is 1. The molecule has 0 aromatic carbocycles. The maximum atomic E-state index is 12.1. The summed E-state index contributed by atoms with van der Waals surface area (Å²) in [7, 11) is 0. The highest BCUT2D eigenvalue weighted by Gasteiger charge is 2.27. The molecule has 0 aromatic heterocycles. The van der Waals surface area contributed by atoms with E-state index in [1.807, 2.05) is 6.92 Å². The molecule has 1 rings (SSSR count). The summed E-state index contributed by atoms with van der Waals surface area (Å²) in [4.78, 5) is 16.9. The molecule has 0 radical (unpaired) electrons. The lowest BCUT2D eigenvalue weighted by molar-refractivity contribution is -0.126. The van der Waals surface area contributed by atoms with Crippen molar-refractivity contribution < 1.29 is 4.79 Å². The molecule has 1 fully saturated rings. The lowest BCUT2D eigenvalue weighted by Gasteiger charge is -2.40. The third-order valence-corrected chi connectivity index (χ3v) is 4.52. The number of nitrogens with one attached hydrogen (secondary N) is 1. The summed E-state index contributed by atoms with van der Waals surface area (Å²) in [6.07, 6.45) is 4.52. The second kappa shape index (κ2) is 10.1. The van der Waals surface area contributed by atoms with Crippen molar-refractivity contribution in [1.29, 1.82) is 0 Å². The SMILES string of the molecule is CCCCNC(=O)C(C)N1CCN(C(CN)CCC)CC1. The molecule has 0 bridgehead atoms. The highest BCUT2D eigenvalue weighted by Crippen LogP contribution is 2.12. The van der Waals surface area contributed by atoms with Crippen molar-refractivity contribution in [3.8, 4) is 0 Å². The van der Waals surface area contributed by atoms with E-state index in [1.165, 1.54) is 12.8 Å². The van der Waals surface area contributed by atoms with Crippen molar-refractivity contribution >= 4 is 5.91 Å². The van der Waals surface area contributed by atoms with Gasteiger partial charge in [-0.15, -0.1) is 0 Å². The van der Waals surface area contributed by atoms with Crippen LogP contribution in [0.1, 0.15) is 46.5 Å². The molecule has 0 spiro atoms. The molecule has 0 aliphatic carbocycles. The van der Waals surface area contributed by atoms with Crippen molar-refractivity contribution in [2.45, 2.75) is 58.5 Å². The third-order valence-electron chi connectivity index (χ3n) is 4.52. The maximum Gasteiger partial charge on any atom is 0.237 e. The molecule has 124 valence electrons. The van der Waals surface area contributed by atoms with Gasteiger partial charge in [-0.25, -0.2) is 0 Å². The largest absolute Gasteiger partial charge is 0.355 e. The fraction of sp³-hybridized carbons (Fsp3) is 0.938. The smallest absolute Gasteiger partial charge is 0.237 e. The fourth-order valence-electron chi connectivity index (χ4n) is 2.97. The number of carbonyl (C=O) groups is 1. The van der Waals surface area contributed by atoms with E-state index < -0.39 is 0 Å². The Labute approximate surface area is 130 Å². The molecule has 1 saturated heterocycles. The zero-order valence-corrected chi connectivity index (χ0v) is 14.1. The van der Waals surface area contributed by atoms with E-state index in [1.54, 1.807) is 0 Å². The molecule has 1 aliphatic rings. The third kappa shape index (κ3) is 5.93. The predicted octanol–water partition coefficient (Wildman–Crippen LogP) is 1.04. The van der Waals surface area contributed by atoms with Crippen LogP contribution in [0.5, 0.6) is 0 Å². The Bertz CT molecular complexity index is 290. The number of nitrogens with zero attached hydrogens (tertiary/aromatic N) is 2. The molecule has 3 N–H and O–H groups in total. The van der Waals surface area contributed by atoms with E-state index in [0.29, 0.717) is 6.04 Å². The van der Waals surface area contributed by atoms with Crippen LogP contribution in [-0.2, 0) is 4.79 Å². The molecule has 0 saturated carbocycles. The van der Waals surface area contributed by atoms with Crippen molar-refractivity contribution in [3.05, 3.63) is 0 Å². The van der Waals surface area contributed by atoms with Gasteiger partial charge in [0.25, 0.3) is 0 Å². The first-order valence-electron chi connectivity index (χ1n) is 8.59. The summed E-state index contributed by atoms with van der Waals surface area (Å²) in [5.41, 5.74) is 5.88. The number of piperazine rings is 1. The van der Waals surface area contributed by atoms with Crippen molar-refractivity contribution in [2.75, 3.05) is 39.3 Å². The number of unbranched alkanes of at least 4 members (excludes halogenated alkanes) is 1. The van der Waals surface area contributed by atoms with E-state index in [0.717, 1.165) is 52.1 Å². The van der Waals surface area contributed by atoms with E-state index >= 15 is 0 Å². The Morgan fingerprint density at radius 2 is 1.76 bits per heavy atom. The summed E-state index contributed by atoms with van der Waals surface area (Å²) < 4.78 is 0. The quantitative estimate of drug-likeness (QED) is 0.624. The lowest BCUT2D eigenvalue weighted by atomic mass is 10.1. The second-order valence-corrected chi connectivity index (χ2v) is 6.07. The van der Waals surface area contributed by atoms with Crippen LogP contribution in [0.3, 0.4) is 0 Å². The maximum absolute atomic E-state index is 12.1. The van der Waals surface area contributed by atoms with Crippen LogP contribution in [0.15, 0.2) is 0 Å². The van der Waals surface area contributed by atoms with E-state index in [-0.39, 0.29) is 11.9 Å². The Hall–Kier alpha value is -0.650. The van der Waals surface area contributed by atoms with Crippen LogP contribution in [0.2, 0.25) is 0 Å². The molecule has 5 heteroatoms. The van der Waals surface area contributed by atoms with Crippen molar-refractivity contribution in [2.24, 2.45) is 5.73 Å². The van der Waals surface area contributed by atoms with Crippen molar-refractivity contribution in [1.82, 2.24) is 15.1 Å². The molecule has 5 nitrogen and oxygen atoms in total. The minimum atomic E-state index is -0.0218. The first-order valence-corrected chi connectivity index (χ1v) is 8.59. The fourth-order valence-corrected chi connectivity index (χ4v) is 2.97. The molecule has 1 aliphatic heterocycles. The van der Waals surface area contributed by atoms with Gasteiger partial charge in [-0.1, -0.05) is 26.7 Å². The summed E-state index contributed by atoms with van der Waals surface area (Å²) in [5.74, 6) is 0.167. The van der Waals surface area contributed by atoms with Crippen LogP contribution in [-0.4, -0.2) is 67.1 Å². The Morgan fingerprint density at radius 1 is 1.14 bits per heavy atom. The number of hydrogen-bond acceptors (Lipinski definition) is 4. The number of rotatable bonds is 9. The Kier molecular flexibility index (Phi) is 8.88. The molecule has 2 unspecified atom stereocenters. The summed E-state index contributed by atoms with van der Waals surface area (Å²) in [5, 5.41) is 3.03. The molecule has 0 aromatic rings. The van der Waals surface area contributed by atoms with Gasteiger partial charge in [0, 0.05) is 45.3 Å². The standard InChI is InChI=1S/C16H34N4O/c1-4-6-8-18-16(21)14(3)19-9-11-20(12-10-19)15(13-17)7-5-2/h14-15H,4-13,17H2,1-3H3,(H,18,21). The molecule has 21 heavy (non-hydrogen) atoms.